The second-order valence-electron chi connectivity index (χ2n) is 2.81. The number of carbonyl (C=O) groups is 3. The molecule has 0 aromatic rings. The van der Waals surface area contributed by atoms with Crippen LogP contribution in [-0.2, 0) is 14.4 Å². The minimum atomic E-state index is -1.80. The number of aliphatic hydroxyl groups excluding tert-OH is 1. The van der Waals surface area contributed by atoms with Crippen LogP contribution in [0.4, 0.5) is 0 Å². The Morgan fingerprint density at radius 3 is 1.67 bits per heavy atom. The molecule has 0 bridgehead atoms. The van der Waals surface area contributed by atoms with Crippen molar-refractivity contribution < 1.29 is 34.8 Å². The Kier molecular flexibility index (Phi) is 5.27. The van der Waals surface area contributed by atoms with Crippen LogP contribution in [0.2, 0.25) is 0 Å². The van der Waals surface area contributed by atoms with Crippen LogP contribution in [0.3, 0.4) is 0 Å². The number of rotatable bonds is 7. The van der Waals surface area contributed by atoms with Crippen LogP contribution < -0.4 is 0 Å². The van der Waals surface area contributed by atoms with Crippen molar-refractivity contribution in [1.29, 1.82) is 0 Å². The zero-order valence-electron chi connectivity index (χ0n) is 7.66. The van der Waals surface area contributed by atoms with Crippen LogP contribution in [0.5, 0.6) is 0 Å². The molecule has 0 aliphatic carbocycles. The summed E-state index contributed by atoms with van der Waals surface area (Å²) in [6.07, 6.45) is -1.80. The molecular weight excluding hydrogens is 210 g/mol. The summed E-state index contributed by atoms with van der Waals surface area (Å²) in [6, 6.07) is 0. The number of hydrogen-bond acceptors (Lipinski definition) is 5. The summed E-state index contributed by atoms with van der Waals surface area (Å²) in [4.78, 5) is 31.6. The van der Waals surface area contributed by atoms with E-state index in [1.807, 2.05) is 0 Å². The number of carboxylic acid groups (broad SMARTS) is 3. The summed E-state index contributed by atoms with van der Waals surface area (Å²) in [5.41, 5.74) is 0. The smallest absolute Gasteiger partial charge is 0.333 e. The van der Waals surface area contributed by atoms with Gasteiger partial charge in [-0.05, 0) is 0 Å². The van der Waals surface area contributed by atoms with E-state index in [-0.39, 0.29) is 0 Å². The van der Waals surface area contributed by atoms with Crippen molar-refractivity contribution in [3.8, 4) is 0 Å². The topological polar surface area (TPSA) is 135 Å². The molecule has 0 aliphatic rings. The van der Waals surface area contributed by atoms with Crippen LogP contribution in [0.15, 0.2) is 0 Å². The molecule has 8 nitrogen and oxygen atoms in total. The van der Waals surface area contributed by atoms with Gasteiger partial charge < -0.3 is 20.4 Å². The Labute approximate surface area is 84.4 Å². The molecule has 0 amide bonds. The van der Waals surface area contributed by atoms with Crippen molar-refractivity contribution >= 4 is 17.9 Å². The number of aliphatic hydroxyl groups is 1. The van der Waals surface area contributed by atoms with Crippen molar-refractivity contribution in [2.75, 3.05) is 19.6 Å². The Morgan fingerprint density at radius 2 is 1.40 bits per heavy atom. The molecule has 15 heavy (non-hydrogen) atoms. The van der Waals surface area contributed by atoms with E-state index >= 15 is 0 Å². The molecule has 1 unspecified atom stereocenters. The van der Waals surface area contributed by atoms with Gasteiger partial charge in [0.05, 0.1) is 13.1 Å². The highest BCUT2D eigenvalue weighted by Crippen LogP contribution is 1.93. The monoisotopic (exact) mass is 221 g/mol. The van der Waals surface area contributed by atoms with E-state index in [1.54, 1.807) is 0 Å². The third-order valence-corrected chi connectivity index (χ3v) is 1.43. The fraction of sp³-hybridized carbons (Fsp3) is 0.571. The second kappa shape index (κ2) is 5.94. The standard InChI is InChI=1S/C7H11NO7/c9-4(7(14)15)1-8(2-5(10)11)3-6(12)13/h4,9H,1-3H2,(H,10,11)(H,12,13)(H,14,15). The number of carboxylic acids is 3. The van der Waals surface area contributed by atoms with Gasteiger partial charge in [0, 0.05) is 6.54 Å². The fourth-order valence-electron chi connectivity index (χ4n) is 0.890. The van der Waals surface area contributed by atoms with Crippen molar-refractivity contribution in [1.82, 2.24) is 4.90 Å². The van der Waals surface area contributed by atoms with E-state index in [0.29, 0.717) is 0 Å². The lowest BCUT2D eigenvalue weighted by Gasteiger charge is -2.19. The molecule has 0 saturated carbocycles. The highest BCUT2D eigenvalue weighted by atomic mass is 16.4. The molecule has 0 rings (SSSR count). The number of nitrogens with zero attached hydrogens (tertiary/aromatic N) is 1. The van der Waals surface area contributed by atoms with Crippen LogP contribution in [0, 0.1) is 0 Å². The molecule has 0 heterocycles. The summed E-state index contributed by atoms with van der Waals surface area (Å²) in [6.45, 7) is -1.83. The Bertz CT molecular complexity index is 248. The summed E-state index contributed by atoms with van der Waals surface area (Å²) in [5, 5.41) is 34.0. The molecule has 0 aliphatic heterocycles. The van der Waals surface area contributed by atoms with Gasteiger partial charge in [-0.1, -0.05) is 0 Å². The normalized spacial score (nSPS) is 12.4. The van der Waals surface area contributed by atoms with Crippen molar-refractivity contribution in [3.05, 3.63) is 0 Å². The van der Waals surface area contributed by atoms with Gasteiger partial charge >= 0.3 is 17.9 Å². The lowest BCUT2D eigenvalue weighted by atomic mass is 10.3. The van der Waals surface area contributed by atoms with Gasteiger partial charge in [-0.15, -0.1) is 0 Å². The molecule has 0 aromatic heterocycles. The zero-order chi connectivity index (χ0) is 12.0. The van der Waals surface area contributed by atoms with Crippen LogP contribution in [0.25, 0.3) is 0 Å². The predicted molar refractivity (Wildman–Crippen MR) is 45.4 cm³/mol. The van der Waals surface area contributed by atoms with Gasteiger partial charge in [0.1, 0.15) is 0 Å². The van der Waals surface area contributed by atoms with Crippen LogP contribution in [-0.4, -0.2) is 69.0 Å². The minimum absolute atomic E-state index is 0.548. The van der Waals surface area contributed by atoms with Gasteiger partial charge in [-0.25, -0.2) is 4.79 Å². The first-order valence-corrected chi connectivity index (χ1v) is 3.89. The zero-order valence-corrected chi connectivity index (χ0v) is 7.66. The average Bonchev–Trinajstić information content (AvgIpc) is 2.00. The Hall–Kier alpha value is -1.67. The SMILES string of the molecule is O=C(O)CN(CC(=O)O)CC(O)C(=O)O. The fourth-order valence-corrected chi connectivity index (χ4v) is 0.890. The lowest BCUT2D eigenvalue weighted by molar-refractivity contribution is -0.151. The third-order valence-electron chi connectivity index (χ3n) is 1.43. The molecule has 0 radical (unpaired) electrons. The number of hydrogen-bond donors (Lipinski definition) is 4. The van der Waals surface area contributed by atoms with Gasteiger partial charge in [0.15, 0.2) is 6.10 Å². The van der Waals surface area contributed by atoms with Crippen molar-refractivity contribution in [2.45, 2.75) is 6.10 Å². The van der Waals surface area contributed by atoms with Crippen LogP contribution in [0.1, 0.15) is 0 Å². The van der Waals surface area contributed by atoms with E-state index in [9.17, 15) is 14.4 Å². The maximum absolute atomic E-state index is 10.3. The molecule has 86 valence electrons. The van der Waals surface area contributed by atoms with E-state index in [4.69, 9.17) is 20.4 Å². The number of aliphatic carboxylic acids is 3. The van der Waals surface area contributed by atoms with Crippen LogP contribution >= 0.6 is 0 Å². The molecule has 0 fully saturated rings. The van der Waals surface area contributed by atoms with E-state index < -0.39 is 43.6 Å². The first-order valence-electron chi connectivity index (χ1n) is 3.89. The minimum Gasteiger partial charge on any atom is -0.480 e. The highest BCUT2D eigenvalue weighted by Gasteiger charge is 2.21. The Morgan fingerprint density at radius 1 is 1.00 bits per heavy atom. The van der Waals surface area contributed by atoms with Gasteiger partial charge in [-0.2, -0.15) is 0 Å². The first-order chi connectivity index (χ1) is 6.82. The molecule has 0 aromatic carbocycles. The third kappa shape index (κ3) is 6.41. The maximum atomic E-state index is 10.3. The van der Waals surface area contributed by atoms with E-state index in [2.05, 4.69) is 0 Å². The summed E-state index contributed by atoms with van der Waals surface area (Å²) in [7, 11) is 0. The van der Waals surface area contributed by atoms with Gasteiger partial charge in [-0.3, -0.25) is 14.5 Å². The molecule has 4 N–H and O–H groups in total. The van der Waals surface area contributed by atoms with Crippen molar-refractivity contribution in [2.24, 2.45) is 0 Å². The van der Waals surface area contributed by atoms with Gasteiger partial charge in [0.2, 0.25) is 0 Å². The summed E-state index contributed by atoms with van der Waals surface area (Å²) >= 11 is 0. The molecule has 0 spiro atoms. The quantitative estimate of drug-likeness (QED) is 0.384. The average molecular weight is 221 g/mol. The van der Waals surface area contributed by atoms with E-state index in [1.165, 1.54) is 0 Å². The second-order valence-corrected chi connectivity index (χ2v) is 2.81. The lowest BCUT2D eigenvalue weighted by Crippen LogP contribution is -2.42. The predicted octanol–water partition coefficient (Wildman–Crippen LogP) is -2.10. The molecule has 0 saturated heterocycles. The van der Waals surface area contributed by atoms with Gasteiger partial charge in [0.25, 0.3) is 0 Å². The summed E-state index contributed by atoms with van der Waals surface area (Å²) in [5.74, 6) is -4.13. The first kappa shape index (κ1) is 13.3. The molecule has 8 heteroatoms. The highest BCUT2D eigenvalue weighted by molar-refractivity contribution is 5.74. The Balaban J connectivity index is 4.29. The molecule has 1 atom stereocenters. The maximum Gasteiger partial charge on any atom is 0.333 e. The van der Waals surface area contributed by atoms with E-state index in [0.717, 1.165) is 4.90 Å². The molecular formula is C7H11NO7. The van der Waals surface area contributed by atoms with Crippen molar-refractivity contribution in [3.63, 3.8) is 0 Å². The summed E-state index contributed by atoms with van der Waals surface area (Å²) < 4.78 is 0. The largest absolute Gasteiger partial charge is 0.480 e.